The number of aromatic nitrogens is 3. The molecule has 28 heavy (non-hydrogen) atoms. The van der Waals surface area contributed by atoms with Gasteiger partial charge in [0.1, 0.15) is 5.69 Å². The van der Waals surface area contributed by atoms with Gasteiger partial charge in [-0.05, 0) is 38.7 Å². The molecule has 2 aliphatic rings. The number of hydrogen-bond acceptors (Lipinski definition) is 4. The molecule has 0 atom stereocenters. The zero-order valence-electron chi connectivity index (χ0n) is 15.7. The lowest BCUT2D eigenvalue weighted by molar-refractivity contribution is -0.142. The van der Waals surface area contributed by atoms with E-state index in [0.717, 1.165) is 23.4 Å². The van der Waals surface area contributed by atoms with Crippen LogP contribution in [0.4, 0.5) is 13.2 Å². The number of fused-ring (bicyclic) bond motifs is 1. The molecule has 0 N–H and O–H groups in total. The van der Waals surface area contributed by atoms with Crippen molar-refractivity contribution in [3.63, 3.8) is 0 Å². The summed E-state index contributed by atoms with van der Waals surface area (Å²) in [5.41, 5.74) is 0.328. The fourth-order valence-electron chi connectivity index (χ4n) is 4.12. The van der Waals surface area contributed by atoms with Crippen LogP contribution >= 0.6 is 0 Å². The number of carbonyl (C=O) groups excluding carboxylic acids is 1. The first-order valence-electron chi connectivity index (χ1n) is 9.64. The van der Waals surface area contributed by atoms with Crippen LogP contribution in [-0.4, -0.2) is 51.7 Å². The number of rotatable bonds is 2. The largest absolute Gasteiger partial charge is 0.433 e. The maximum absolute atomic E-state index is 13.5. The summed E-state index contributed by atoms with van der Waals surface area (Å²) in [5, 5.41) is 3.92. The Hall–Kier alpha value is -2.16. The van der Waals surface area contributed by atoms with Gasteiger partial charge in [0.15, 0.2) is 5.65 Å². The Balaban J connectivity index is 1.51. The average Bonchev–Trinajstić information content (AvgIpc) is 3.06. The molecule has 2 aromatic rings. The molecular weight excluding hydrogens is 373 g/mol. The highest BCUT2D eigenvalue weighted by molar-refractivity contribution is 5.79. The third-order valence-corrected chi connectivity index (χ3v) is 5.66. The molecule has 2 aromatic heterocycles. The minimum Gasteiger partial charge on any atom is -0.381 e. The van der Waals surface area contributed by atoms with E-state index >= 15 is 0 Å². The van der Waals surface area contributed by atoms with Gasteiger partial charge in [-0.1, -0.05) is 0 Å². The van der Waals surface area contributed by atoms with E-state index in [4.69, 9.17) is 4.74 Å². The van der Waals surface area contributed by atoms with E-state index in [1.54, 1.807) is 13.0 Å². The highest BCUT2D eigenvalue weighted by Crippen LogP contribution is 2.34. The molecular formula is C19H23F3N4O2. The van der Waals surface area contributed by atoms with Crippen LogP contribution in [0.15, 0.2) is 12.1 Å². The molecule has 2 aliphatic heterocycles. The zero-order chi connectivity index (χ0) is 19.9. The lowest BCUT2D eigenvalue weighted by Crippen LogP contribution is -2.42. The van der Waals surface area contributed by atoms with Crippen molar-refractivity contribution in [2.75, 3.05) is 26.3 Å². The normalized spacial score (nSPS) is 20.1. The molecule has 0 radical (unpaired) electrons. The van der Waals surface area contributed by atoms with E-state index in [1.165, 1.54) is 0 Å². The summed E-state index contributed by atoms with van der Waals surface area (Å²) in [6.07, 6.45) is -1.79. The number of halogens is 3. The predicted octanol–water partition coefficient (Wildman–Crippen LogP) is 3.19. The van der Waals surface area contributed by atoms with Crippen LogP contribution < -0.4 is 0 Å². The number of nitrogens with zero attached hydrogens (tertiary/aromatic N) is 4. The summed E-state index contributed by atoms with van der Waals surface area (Å²) in [5.74, 6) is 0.0546. The van der Waals surface area contributed by atoms with Crippen molar-refractivity contribution >= 4 is 11.6 Å². The summed E-state index contributed by atoms with van der Waals surface area (Å²) in [7, 11) is 0. The van der Waals surface area contributed by atoms with Crippen molar-refractivity contribution in [1.82, 2.24) is 19.5 Å². The number of alkyl halides is 3. The molecule has 2 saturated heterocycles. The summed E-state index contributed by atoms with van der Waals surface area (Å²) < 4.78 is 46.7. The van der Waals surface area contributed by atoms with Crippen LogP contribution in [0.5, 0.6) is 0 Å². The first-order valence-corrected chi connectivity index (χ1v) is 9.64. The van der Waals surface area contributed by atoms with Crippen molar-refractivity contribution in [2.45, 2.75) is 44.7 Å². The van der Waals surface area contributed by atoms with Crippen molar-refractivity contribution in [3.05, 3.63) is 29.2 Å². The maximum Gasteiger partial charge on any atom is 0.433 e. The Morgan fingerprint density at radius 1 is 1.14 bits per heavy atom. The minimum atomic E-state index is -4.51. The van der Waals surface area contributed by atoms with Gasteiger partial charge in [0.2, 0.25) is 5.91 Å². The molecule has 1 amide bonds. The molecule has 0 bridgehead atoms. The third kappa shape index (κ3) is 3.72. The van der Waals surface area contributed by atoms with Crippen LogP contribution in [0, 0.1) is 12.8 Å². The summed E-state index contributed by atoms with van der Waals surface area (Å²) >= 11 is 0. The highest BCUT2D eigenvalue weighted by Gasteiger charge is 2.37. The van der Waals surface area contributed by atoms with Crippen LogP contribution in [0.25, 0.3) is 5.65 Å². The molecule has 152 valence electrons. The van der Waals surface area contributed by atoms with Crippen LogP contribution in [0.3, 0.4) is 0 Å². The van der Waals surface area contributed by atoms with Crippen molar-refractivity contribution in [3.8, 4) is 0 Å². The number of carbonyl (C=O) groups is 1. The second-order valence-corrected chi connectivity index (χ2v) is 7.61. The zero-order valence-corrected chi connectivity index (χ0v) is 15.7. The second kappa shape index (κ2) is 7.35. The molecule has 0 aliphatic carbocycles. The lowest BCUT2D eigenvalue weighted by Gasteiger charge is -2.35. The lowest BCUT2D eigenvalue weighted by atomic mass is 9.91. The van der Waals surface area contributed by atoms with E-state index < -0.39 is 11.9 Å². The number of likely N-dealkylation sites (tertiary alicyclic amines) is 1. The average molecular weight is 396 g/mol. The van der Waals surface area contributed by atoms with Gasteiger partial charge in [0, 0.05) is 49.9 Å². The molecule has 2 fully saturated rings. The second-order valence-electron chi connectivity index (χ2n) is 7.61. The first-order chi connectivity index (χ1) is 13.3. The van der Waals surface area contributed by atoms with Gasteiger partial charge in [0.05, 0.1) is 5.69 Å². The van der Waals surface area contributed by atoms with Crippen molar-refractivity contribution < 1.29 is 22.7 Å². The summed E-state index contributed by atoms with van der Waals surface area (Å²) in [4.78, 5) is 18.9. The molecule has 0 spiro atoms. The predicted molar refractivity (Wildman–Crippen MR) is 94.8 cm³/mol. The van der Waals surface area contributed by atoms with Gasteiger partial charge < -0.3 is 9.64 Å². The molecule has 0 saturated carbocycles. The SMILES string of the molecule is Cc1cc2nc(C3CCN(C(=O)C4CCOCC4)CC3)cc(C(F)(F)F)n2n1. The standard InChI is InChI=1S/C19H23F3N4O2/c1-12-10-17-23-15(11-16(19(20,21)22)26(17)24-12)13-2-6-25(7-3-13)18(27)14-4-8-28-9-5-14/h10-11,13-14H,2-9H2,1H3. The van der Waals surface area contributed by atoms with Gasteiger partial charge in [-0.3, -0.25) is 4.79 Å². The maximum atomic E-state index is 13.5. The highest BCUT2D eigenvalue weighted by atomic mass is 19.4. The quantitative estimate of drug-likeness (QED) is 0.782. The van der Waals surface area contributed by atoms with E-state index in [-0.39, 0.29) is 23.4 Å². The Morgan fingerprint density at radius 2 is 1.82 bits per heavy atom. The van der Waals surface area contributed by atoms with Gasteiger partial charge >= 0.3 is 6.18 Å². The van der Waals surface area contributed by atoms with Gasteiger partial charge in [0.25, 0.3) is 0 Å². The number of hydrogen-bond donors (Lipinski definition) is 0. The Kier molecular flexibility index (Phi) is 5.03. The Labute approximate surface area is 160 Å². The number of piperidine rings is 1. The Bertz CT molecular complexity index is 866. The number of ether oxygens (including phenoxy) is 1. The summed E-state index contributed by atoms with van der Waals surface area (Å²) in [6, 6.07) is 2.67. The third-order valence-electron chi connectivity index (χ3n) is 5.66. The molecule has 9 heteroatoms. The smallest absolute Gasteiger partial charge is 0.381 e. The van der Waals surface area contributed by atoms with E-state index in [1.807, 2.05) is 4.90 Å². The minimum absolute atomic E-state index is 0.00590. The fourth-order valence-corrected chi connectivity index (χ4v) is 4.12. The van der Waals surface area contributed by atoms with Crippen LogP contribution in [0.2, 0.25) is 0 Å². The number of aryl methyl sites for hydroxylation is 1. The molecule has 4 heterocycles. The first kappa shape index (κ1) is 19.2. The van der Waals surface area contributed by atoms with Crippen LogP contribution in [-0.2, 0) is 15.7 Å². The fraction of sp³-hybridized carbons (Fsp3) is 0.632. The summed E-state index contributed by atoms with van der Waals surface area (Å²) in [6.45, 7) is 3.97. The van der Waals surface area contributed by atoms with Crippen molar-refractivity contribution in [1.29, 1.82) is 0 Å². The molecule has 6 nitrogen and oxygen atoms in total. The van der Waals surface area contributed by atoms with E-state index in [9.17, 15) is 18.0 Å². The van der Waals surface area contributed by atoms with Crippen LogP contribution in [0.1, 0.15) is 48.7 Å². The van der Waals surface area contributed by atoms with Gasteiger partial charge in [-0.15, -0.1) is 0 Å². The van der Waals surface area contributed by atoms with Crippen molar-refractivity contribution in [2.24, 2.45) is 5.92 Å². The van der Waals surface area contributed by atoms with E-state index in [2.05, 4.69) is 10.1 Å². The van der Waals surface area contributed by atoms with Gasteiger partial charge in [-0.25, -0.2) is 9.50 Å². The Morgan fingerprint density at radius 3 is 2.46 bits per heavy atom. The monoisotopic (exact) mass is 396 g/mol. The molecule has 0 aromatic carbocycles. The molecule has 4 rings (SSSR count). The molecule has 0 unspecified atom stereocenters. The van der Waals surface area contributed by atoms with Gasteiger partial charge in [-0.2, -0.15) is 18.3 Å². The number of amides is 1. The van der Waals surface area contributed by atoms with E-state index in [0.29, 0.717) is 50.5 Å². The topological polar surface area (TPSA) is 59.7 Å².